The number of carbonyl (C=O) groups excluding carboxylic acids is 1. The van der Waals surface area contributed by atoms with Gasteiger partial charge in [-0.05, 0) is 46.9 Å². The van der Waals surface area contributed by atoms with Crippen molar-refractivity contribution in [2.75, 3.05) is 0 Å². The van der Waals surface area contributed by atoms with E-state index in [1.54, 1.807) is 0 Å². The second-order valence-corrected chi connectivity index (χ2v) is 6.39. The maximum Gasteiger partial charge on any atom is 0.311 e. The van der Waals surface area contributed by atoms with Gasteiger partial charge in [0.25, 0.3) is 0 Å². The van der Waals surface area contributed by atoms with Gasteiger partial charge in [-0.2, -0.15) is 0 Å². The number of aliphatic carboxylic acids is 1. The topological polar surface area (TPSA) is 63.6 Å². The monoisotopic (exact) mass is 350 g/mol. The third-order valence-electron chi connectivity index (χ3n) is 4.61. The lowest BCUT2D eigenvalue weighted by molar-refractivity contribution is -0.142. The minimum atomic E-state index is -1.01. The zero-order chi connectivity index (χ0) is 18.7. The molecule has 0 aliphatic carbocycles. The van der Waals surface area contributed by atoms with E-state index in [-0.39, 0.29) is 12.8 Å². The normalized spacial score (nSPS) is 11.0. The van der Waals surface area contributed by atoms with Crippen molar-refractivity contribution < 1.29 is 19.4 Å². The van der Waals surface area contributed by atoms with E-state index < -0.39 is 11.9 Å². The summed E-state index contributed by atoms with van der Waals surface area (Å²) in [4.78, 5) is 22.9. The molecule has 0 radical (unpaired) electrons. The summed E-state index contributed by atoms with van der Waals surface area (Å²) in [5, 5.41) is 12.6. The van der Waals surface area contributed by atoms with Gasteiger partial charge in [-0.1, -0.05) is 44.2 Å². The summed E-state index contributed by atoms with van der Waals surface area (Å²) in [6.07, 6.45) is 1.43. The number of carboxylic acids is 1. The fraction of sp³-hybridized carbons (Fsp3) is 0.273. The first-order chi connectivity index (χ1) is 12.5. The fourth-order valence-electron chi connectivity index (χ4n) is 3.10. The number of aryl methyl sites for hydroxylation is 2. The number of carbonyl (C=O) groups is 2. The highest BCUT2D eigenvalue weighted by molar-refractivity contribution is 6.07. The average Bonchev–Trinajstić information content (AvgIpc) is 2.65. The lowest BCUT2D eigenvalue weighted by Crippen LogP contribution is -2.11. The predicted molar refractivity (Wildman–Crippen MR) is 103 cm³/mol. The van der Waals surface area contributed by atoms with E-state index in [2.05, 4.69) is 32.0 Å². The first-order valence-electron chi connectivity index (χ1n) is 8.92. The smallest absolute Gasteiger partial charge is 0.311 e. The Morgan fingerprint density at radius 3 is 2.23 bits per heavy atom. The molecular formula is C22H22O4. The van der Waals surface area contributed by atoms with Crippen molar-refractivity contribution >= 4 is 33.5 Å². The van der Waals surface area contributed by atoms with Gasteiger partial charge >= 0.3 is 11.9 Å². The minimum absolute atomic E-state index is 0.145. The van der Waals surface area contributed by atoms with Crippen LogP contribution < -0.4 is 4.74 Å². The Morgan fingerprint density at radius 2 is 1.54 bits per heavy atom. The number of hydrogen-bond donors (Lipinski definition) is 1. The lowest BCUT2D eigenvalue weighted by atomic mass is 9.97. The summed E-state index contributed by atoms with van der Waals surface area (Å²) in [6.45, 7) is 4.18. The number of ether oxygens (including phenoxy) is 1. The molecule has 4 heteroatoms. The molecular weight excluding hydrogens is 328 g/mol. The molecule has 3 aromatic carbocycles. The van der Waals surface area contributed by atoms with E-state index in [4.69, 9.17) is 9.84 Å². The van der Waals surface area contributed by atoms with Crippen LogP contribution in [0.2, 0.25) is 0 Å². The number of hydrogen-bond acceptors (Lipinski definition) is 3. The molecule has 0 spiro atoms. The second-order valence-electron chi connectivity index (χ2n) is 6.39. The Morgan fingerprint density at radius 1 is 0.846 bits per heavy atom. The van der Waals surface area contributed by atoms with E-state index >= 15 is 0 Å². The summed E-state index contributed by atoms with van der Waals surface area (Å²) in [7, 11) is 0. The number of carboxylic acid groups (broad SMARTS) is 1. The van der Waals surface area contributed by atoms with Crippen molar-refractivity contribution in [3.63, 3.8) is 0 Å². The van der Waals surface area contributed by atoms with Crippen molar-refractivity contribution in [2.45, 2.75) is 39.5 Å². The maximum absolute atomic E-state index is 12.2. The summed E-state index contributed by atoms with van der Waals surface area (Å²) in [5.74, 6) is -1.01. The van der Waals surface area contributed by atoms with Gasteiger partial charge in [0.2, 0.25) is 0 Å². The molecule has 3 aromatic rings. The van der Waals surface area contributed by atoms with Crippen LogP contribution in [0.4, 0.5) is 0 Å². The van der Waals surface area contributed by atoms with Crippen molar-refractivity contribution in [1.82, 2.24) is 0 Å². The molecule has 4 nitrogen and oxygen atoms in total. The van der Waals surface area contributed by atoms with E-state index in [0.29, 0.717) is 5.75 Å². The number of benzene rings is 3. The van der Waals surface area contributed by atoms with Crippen LogP contribution in [-0.4, -0.2) is 17.0 Å². The predicted octanol–water partition coefficient (Wildman–Crippen LogP) is 4.89. The average molecular weight is 350 g/mol. The van der Waals surface area contributed by atoms with E-state index in [1.807, 2.05) is 24.3 Å². The molecule has 0 unspecified atom stereocenters. The Kier molecular flexibility index (Phi) is 5.21. The highest BCUT2D eigenvalue weighted by Gasteiger charge is 2.15. The Hall–Kier alpha value is -2.88. The van der Waals surface area contributed by atoms with Gasteiger partial charge in [-0.15, -0.1) is 0 Å². The summed E-state index contributed by atoms with van der Waals surface area (Å²) in [5.41, 5.74) is 2.37. The van der Waals surface area contributed by atoms with Crippen LogP contribution in [0.25, 0.3) is 21.5 Å². The van der Waals surface area contributed by atoms with Gasteiger partial charge in [-0.3, -0.25) is 9.59 Å². The molecule has 0 saturated heterocycles. The SMILES string of the molecule is CCc1ccc2c(OC(=O)CCC(=O)O)c3cc(CC)ccc3cc2c1. The largest absolute Gasteiger partial charge is 0.481 e. The molecule has 134 valence electrons. The minimum Gasteiger partial charge on any atom is -0.481 e. The standard InChI is InChI=1S/C22H22O4/c1-3-14-6-8-18-17(11-14)13-16-7-5-15(4-2)12-19(16)22(18)26-21(25)10-9-20(23)24/h5-8,11-13H,3-4,9-10H2,1-2H3,(H,23,24). The molecule has 3 rings (SSSR count). The second kappa shape index (κ2) is 7.56. The van der Waals surface area contributed by atoms with Crippen LogP contribution in [0, 0.1) is 0 Å². The molecule has 1 N–H and O–H groups in total. The molecule has 0 atom stereocenters. The van der Waals surface area contributed by atoms with Crippen molar-refractivity contribution in [2.24, 2.45) is 0 Å². The van der Waals surface area contributed by atoms with E-state index in [1.165, 1.54) is 5.56 Å². The van der Waals surface area contributed by atoms with E-state index in [0.717, 1.165) is 39.9 Å². The van der Waals surface area contributed by atoms with Crippen LogP contribution in [0.15, 0.2) is 42.5 Å². The first-order valence-corrected chi connectivity index (χ1v) is 8.92. The molecule has 0 heterocycles. The van der Waals surface area contributed by atoms with Gasteiger partial charge < -0.3 is 9.84 Å². The van der Waals surface area contributed by atoms with Crippen molar-refractivity contribution in [3.05, 3.63) is 53.6 Å². The number of esters is 1. The molecule has 26 heavy (non-hydrogen) atoms. The summed E-state index contributed by atoms with van der Waals surface area (Å²) in [6, 6.07) is 14.4. The van der Waals surface area contributed by atoms with Crippen LogP contribution in [-0.2, 0) is 22.4 Å². The number of rotatable bonds is 6. The van der Waals surface area contributed by atoms with E-state index in [9.17, 15) is 9.59 Å². The van der Waals surface area contributed by atoms with Crippen LogP contribution in [0.5, 0.6) is 5.75 Å². The van der Waals surface area contributed by atoms with Crippen LogP contribution in [0.3, 0.4) is 0 Å². The first kappa shape index (κ1) is 17.9. The third-order valence-corrected chi connectivity index (χ3v) is 4.61. The molecule has 0 aliphatic heterocycles. The Labute approximate surface area is 152 Å². The summed E-state index contributed by atoms with van der Waals surface area (Å²) < 4.78 is 5.66. The molecule has 0 bridgehead atoms. The summed E-state index contributed by atoms with van der Waals surface area (Å²) >= 11 is 0. The van der Waals surface area contributed by atoms with Gasteiger partial charge in [0.15, 0.2) is 0 Å². The van der Waals surface area contributed by atoms with Gasteiger partial charge in [-0.25, -0.2) is 0 Å². The highest BCUT2D eigenvalue weighted by Crippen LogP contribution is 2.36. The highest BCUT2D eigenvalue weighted by atomic mass is 16.5. The Balaban J connectivity index is 2.16. The molecule has 0 amide bonds. The quantitative estimate of drug-likeness (QED) is 0.391. The molecule has 0 fully saturated rings. The Bertz CT molecular complexity index is 988. The van der Waals surface area contributed by atoms with Gasteiger partial charge in [0, 0.05) is 10.8 Å². The third kappa shape index (κ3) is 3.69. The van der Waals surface area contributed by atoms with Gasteiger partial charge in [0.05, 0.1) is 12.8 Å². The van der Waals surface area contributed by atoms with Gasteiger partial charge in [0.1, 0.15) is 5.75 Å². The lowest BCUT2D eigenvalue weighted by Gasteiger charge is -2.13. The van der Waals surface area contributed by atoms with Crippen LogP contribution in [0.1, 0.15) is 37.8 Å². The molecule has 0 saturated carbocycles. The van der Waals surface area contributed by atoms with Crippen molar-refractivity contribution in [1.29, 1.82) is 0 Å². The van der Waals surface area contributed by atoms with Crippen molar-refractivity contribution in [3.8, 4) is 5.75 Å². The maximum atomic E-state index is 12.2. The fourth-order valence-corrected chi connectivity index (χ4v) is 3.10. The zero-order valence-electron chi connectivity index (χ0n) is 15.0. The van der Waals surface area contributed by atoms with Crippen LogP contribution >= 0.6 is 0 Å². The zero-order valence-corrected chi connectivity index (χ0v) is 15.0. The molecule has 0 aromatic heterocycles. The number of fused-ring (bicyclic) bond motifs is 2. The molecule has 0 aliphatic rings.